The molecule has 27 heavy (non-hydrogen) atoms. The van der Waals surface area contributed by atoms with Crippen LogP contribution in [0.25, 0.3) is 11.4 Å². The first-order valence-electron chi connectivity index (χ1n) is 8.66. The largest absolute Gasteiger partial charge is 0.337 e. The first-order valence-corrected chi connectivity index (χ1v) is 9.04. The average molecular weight is 386 g/mol. The zero-order valence-electron chi connectivity index (χ0n) is 14.7. The van der Waals surface area contributed by atoms with E-state index in [0.29, 0.717) is 30.8 Å². The molecule has 2 heterocycles. The third kappa shape index (κ3) is 3.45. The van der Waals surface area contributed by atoms with Crippen LogP contribution in [-0.2, 0) is 11.3 Å². The number of rotatable bonds is 4. The van der Waals surface area contributed by atoms with Crippen molar-refractivity contribution in [2.75, 3.05) is 0 Å². The molecule has 1 atom stereocenters. The number of amides is 1. The van der Waals surface area contributed by atoms with Crippen molar-refractivity contribution < 1.29 is 13.7 Å². The Morgan fingerprint density at radius 3 is 2.89 bits per heavy atom. The SMILES string of the molecule is Cc1ccccc1CN1C(=O)CCC1c1nc(-c2ccc(Cl)c(F)c2)no1. The number of hydrogen-bond acceptors (Lipinski definition) is 4. The molecule has 1 unspecified atom stereocenters. The second kappa shape index (κ2) is 7.12. The molecule has 5 nitrogen and oxygen atoms in total. The number of aromatic nitrogens is 2. The van der Waals surface area contributed by atoms with Crippen LogP contribution in [0.3, 0.4) is 0 Å². The van der Waals surface area contributed by atoms with E-state index in [0.717, 1.165) is 11.1 Å². The maximum absolute atomic E-state index is 13.7. The van der Waals surface area contributed by atoms with Crippen molar-refractivity contribution in [2.24, 2.45) is 0 Å². The van der Waals surface area contributed by atoms with E-state index in [1.54, 1.807) is 11.0 Å². The number of nitrogens with zero attached hydrogens (tertiary/aromatic N) is 3. The Hall–Kier alpha value is -2.73. The zero-order valence-corrected chi connectivity index (χ0v) is 15.4. The lowest BCUT2D eigenvalue weighted by Gasteiger charge is -2.23. The van der Waals surface area contributed by atoms with Gasteiger partial charge in [0.05, 0.1) is 5.02 Å². The molecule has 0 N–H and O–H groups in total. The fraction of sp³-hybridized carbons (Fsp3) is 0.250. The van der Waals surface area contributed by atoms with Crippen molar-refractivity contribution >= 4 is 17.5 Å². The maximum Gasteiger partial charge on any atom is 0.249 e. The zero-order chi connectivity index (χ0) is 19.0. The topological polar surface area (TPSA) is 59.2 Å². The number of likely N-dealkylation sites (tertiary alicyclic amines) is 1. The second-order valence-corrected chi connectivity index (χ2v) is 6.99. The third-order valence-corrected chi connectivity index (χ3v) is 5.14. The van der Waals surface area contributed by atoms with Crippen LogP contribution in [0.2, 0.25) is 5.02 Å². The highest BCUT2D eigenvalue weighted by Gasteiger charge is 2.36. The molecule has 1 amide bonds. The van der Waals surface area contributed by atoms with E-state index >= 15 is 0 Å². The molecule has 1 aromatic heterocycles. The number of halogens is 2. The van der Waals surface area contributed by atoms with Gasteiger partial charge in [0.25, 0.3) is 0 Å². The predicted octanol–water partition coefficient (Wildman–Crippen LogP) is 4.70. The van der Waals surface area contributed by atoms with E-state index in [2.05, 4.69) is 10.1 Å². The van der Waals surface area contributed by atoms with Gasteiger partial charge in [-0.3, -0.25) is 4.79 Å². The fourth-order valence-electron chi connectivity index (χ4n) is 3.28. The second-order valence-electron chi connectivity index (χ2n) is 6.59. The van der Waals surface area contributed by atoms with Gasteiger partial charge in [-0.1, -0.05) is 41.0 Å². The van der Waals surface area contributed by atoms with Crippen molar-refractivity contribution in [3.63, 3.8) is 0 Å². The van der Waals surface area contributed by atoms with Crippen LogP contribution < -0.4 is 0 Å². The lowest BCUT2D eigenvalue weighted by Crippen LogP contribution is -2.27. The lowest BCUT2D eigenvalue weighted by atomic mass is 10.1. The molecule has 3 aromatic rings. The van der Waals surface area contributed by atoms with E-state index in [9.17, 15) is 9.18 Å². The molecular formula is C20H17ClFN3O2. The number of carbonyl (C=O) groups is 1. The number of carbonyl (C=O) groups excluding carboxylic acids is 1. The van der Waals surface area contributed by atoms with Crippen LogP contribution >= 0.6 is 11.6 Å². The standard InChI is InChI=1S/C20H17ClFN3O2/c1-12-4-2-3-5-14(12)11-25-17(8-9-18(25)26)20-23-19(24-27-20)13-6-7-15(21)16(22)10-13/h2-7,10,17H,8-9,11H2,1H3. The molecule has 0 aliphatic carbocycles. The van der Waals surface area contributed by atoms with Gasteiger partial charge >= 0.3 is 0 Å². The molecule has 0 spiro atoms. The molecule has 0 bridgehead atoms. The molecule has 138 valence electrons. The van der Waals surface area contributed by atoms with Gasteiger partial charge in [-0.15, -0.1) is 0 Å². The minimum Gasteiger partial charge on any atom is -0.337 e. The molecule has 0 saturated carbocycles. The van der Waals surface area contributed by atoms with Crippen LogP contribution in [0.4, 0.5) is 4.39 Å². The van der Waals surface area contributed by atoms with Gasteiger partial charge in [-0.25, -0.2) is 4.39 Å². The minimum absolute atomic E-state index is 0.0354. The molecule has 2 aromatic carbocycles. The van der Waals surface area contributed by atoms with Crippen molar-refractivity contribution in [2.45, 2.75) is 32.4 Å². The van der Waals surface area contributed by atoms with Crippen LogP contribution in [0, 0.1) is 12.7 Å². The van der Waals surface area contributed by atoms with Gasteiger partial charge in [0.15, 0.2) is 0 Å². The molecule has 1 fully saturated rings. The minimum atomic E-state index is -0.544. The Kier molecular flexibility index (Phi) is 4.66. The Morgan fingerprint density at radius 2 is 2.11 bits per heavy atom. The van der Waals surface area contributed by atoms with Crippen LogP contribution in [0.5, 0.6) is 0 Å². The summed E-state index contributed by atoms with van der Waals surface area (Å²) in [6.07, 6.45) is 1.05. The van der Waals surface area contributed by atoms with E-state index in [4.69, 9.17) is 16.1 Å². The summed E-state index contributed by atoms with van der Waals surface area (Å²) >= 11 is 5.72. The average Bonchev–Trinajstić information content (AvgIpc) is 3.27. The van der Waals surface area contributed by atoms with Crippen molar-refractivity contribution in [3.8, 4) is 11.4 Å². The summed E-state index contributed by atoms with van der Waals surface area (Å²) < 4.78 is 19.1. The summed E-state index contributed by atoms with van der Waals surface area (Å²) in [5.74, 6) is 0.147. The normalized spacial score (nSPS) is 16.9. The summed E-state index contributed by atoms with van der Waals surface area (Å²) in [7, 11) is 0. The van der Waals surface area contributed by atoms with Gasteiger partial charge in [0, 0.05) is 18.5 Å². The number of benzene rings is 2. The highest BCUT2D eigenvalue weighted by Crippen LogP contribution is 2.34. The molecule has 0 radical (unpaired) electrons. The Bertz CT molecular complexity index is 1000. The highest BCUT2D eigenvalue weighted by atomic mass is 35.5. The third-order valence-electron chi connectivity index (χ3n) is 4.83. The van der Waals surface area contributed by atoms with Gasteiger partial charge in [-0.05, 0) is 42.7 Å². The number of aryl methyl sites for hydroxylation is 1. The quantitative estimate of drug-likeness (QED) is 0.653. The Morgan fingerprint density at radius 1 is 1.30 bits per heavy atom. The molecule has 1 aliphatic heterocycles. The Balaban J connectivity index is 1.60. The summed E-state index contributed by atoms with van der Waals surface area (Å²) in [4.78, 5) is 18.6. The van der Waals surface area contributed by atoms with Crippen molar-refractivity contribution in [1.82, 2.24) is 15.0 Å². The van der Waals surface area contributed by atoms with Crippen molar-refractivity contribution in [1.29, 1.82) is 0 Å². The summed E-state index contributed by atoms with van der Waals surface area (Å²) in [5.41, 5.74) is 2.68. The predicted molar refractivity (Wildman–Crippen MR) is 98.4 cm³/mol. The van der Waals surface area contributed by atoms with Gasteiger partial charge in [0.2, 0.25) is 17.6 Å². The summed E-state index contributed by atoms with van der Waals surface area (Å²) in [5, 5.41) is 3.99. The van der Waals surface area contributed by atoms with Crippen LogP contribution in [0.1, 0.15) is 35.9 Å². The van der Waals surface area contributed by atoms with Crippen LogP contribution in [-0.4, -0.2) is 20.9 Å². The fourth-order valence-corrected chi connectivity index (χ4v) is 3.40. The van der Waals surface area contributed by atoms with E-state index < -0.39 is 5.82 Å². The number of hydrogen-bond donors (Lipinski definition) is 0. The van der Waals surface area contributed by atoms with E-state index in [1.165, 1.54) is 12.1 Å². The van der Waals surface area contributed by atoms with Gasteiger partial charge in [-0.2, -0.15) is 4.98 Å². The van der Waals surface area contributed by atoms with E-state index in [-0.39, 0.29) is 22.8 Å². The van der Waals surface area contributed by atoms with Crippen molar-refractivity contribution in [3.05, 3.63) is 70.3 Å². The monoisotopic (exact) mass is 385 g/mol. The molecular weight excluding hydrogens is 369 g/mol. The van der Waals surface area contributed by atoms with Crippen LogP contribution in [0.15, 0.2) is 47.0 Å². The summed E-state index contributed by atoms with van der Waals surface area (Å²) in [6.45, 7) is 2.51. The Labute approximate surface area is 160 Å². The molecule has 1 aliphatic rings. The smallest absolute Gasteiger partial charge is 0.249 e. The maximum atomic E-state index is 13.7. The lowest BCUT2D eigenvalue weighted by molar-refractivity contribution is -0.130. The molecule has 4 rings (SSSR count). The first-order chi connectivity index (χ1) is 13.0. The molecule has 1 saturated heterocycles. The first kappa shape index (κ1) is 17.7. The highest BCUT2D eigenvalue weighted by molar-refractivity contribution is 6.30. The van der Waals surface area contributed by atoms with E-state index in [1.807, 2.05) is 31.2 Å². The summed E-state index contributed by atoms with van der Waals surface area (Å²) in [6, 6.07) is 12.0. The molecule has 7 heteroatoms. The van der Waals surface area contributed by atoms with Gasteiger partial charge in [0.1, 0.15) is 11.9 Å². The van der Waals surface area contributed by atoms with Gasteiger partial charge < -0.3 is 9.42 Å².